The van der Waals surface area contributed by atoms with Crippen molar-refractivity contribution in [1.29, 1.82) is 5.26 Å². The minimum absolute atomic E-state index is 0.0788. The molecule has 3 aliphatic rings. The molecule has 0 N–H and O–H groups in total. The van der Waals surface area contributed by atoms with Crippen molar-refractivity contribution < 1.29 is 14.3 Å². The van der Waals surface area contributed by atoms with Crippen molar-refractivity contribution in [3.8, 4) is 6.07 Å². The lowest BCUT2D eigenvalue weighted by Gasteiger charge is -2.41. The Balaban J connectivity index is 1.73. The molecule has 1 aromatic rings. The molecule has 2 heterocycles. The first-order valence-electron chi connectivity index (χ1n) is 9.77. The van der Waals surface area contributed by atoms with Gasteiger partial charge in [0.05, 0.1) is 17.4 Å². The third-order valence-corrected chi connectivity index (χ3v) is 6.30. The maximum atomic E-state index is 12.6. The number of carbonyl (C=O) groups is 1. The molecule has 1 aliphatic carbocycles. The van der Waals surface area contributed by atoms with E-state index >= 15 is 0 Å². The van der Waals surface area contributed by atoms with Crippen molar-refractivity contribution in [3.05, 3.63) is 40.5 Å². The molecule has 142 valence electrons. The van der Waals surface area contributed by atoms with E-state index in [1.807, 2.05) is 6.07 Å². The van der Waals surface area contributed by atoms with Gasteiger partial charge in [-0.05, 0) is 49.8 Å². The SMILES string of the molecule is COC1(C)CCN(C2=C(C#N)C(=O)Cc3ccc(C4CCCO4)cc32)CC1. The fourth-order valence-electron chi connectivity index (χ4n) is 4.39. The second-order valence-corrected chi connectivity index (χ2v) is 7.99. The number of nitriles is 1. The number of benzene rings is 1. The standard InChI is InChI=1S/C22H26N2O3/c1-22(26-2)7-9-24(10-8-22)21-17-12-16(20-4-3-11-27-20)6-5-15(17)13-19(25)18(21)14-23/h5-6,12,20H,3-4,7-11,13H2,1-2H3. The molecule has 4 rings (SSSR count). The van der Waals surface area contributed by atoms with Crippen LogP contribution in [0.4, 0.5) is 0 Å². The number of hydrogen-bond acceptors (Lipinski definition) is 5. The summed E-state index contributed by atoms with van der Waals surface area (Å²) in [5, 5.41) is 9.71. The Kier molecular flexibility index (Phi) is 4.79. The molecule has 2 fully saturated rings. The number of Topliss-reactive ketones (excluding diaryl/α,β-unsaturated/α-hetero) is 1. The zero-order valence-corrected chi connectivity index (χ0v) is 16.1. The molecule has 0 aromatic heterocycles. The largest absolute Gasteiger partial charge is 0.378 e. The van der Waals surface area contributed by atoms with Gasteiger partial charge in [0.15, 0.2) is 5.78 Å². The Morgan fingerprint density at radius 3 is 2.74 bits per heavy atom. The fraction of sp³-hybridized carbons (Fsp3) is 0.545. The summed E-state index contributed by atoms with van der Waals surface area (Å²) in [6, 6.07) is 8.46. The van der Waals surface area contributed by atoms with Crippen molar-refractivity contribution in [1.82, 2.24) is 4.90 Å². The topological polar surface area (TPSA) is 62.6 Å². The van der Waals surface area contributed by atoms with Crippen LogP contribution in [0.25, 0.3) is 5.70 Å². The fourth-order valence-corrected chi connectivity index (χ4v) is 4.39. The lowest BCUT2D eigenvalue weighted by molar-refractivity contribution is -0.114. The number of ether oxygens (including phenoxy) is 2. The van der Waals surface area contributed by atoms with E-state index < -0.39 is 0 Å². The average molecular weight is 366 g/mol. The molecule has 0 bridgehead atoms. The molecule has 0 amide bonds. The number of allylic oxidation sites excluding steroid dienone is 1. The smallest absolute Gasteiger partial charge is 0.179 e. The molecule has 5 nitrogen and oxygen atoms in total. The van der Waals surface area contributed by atoms with E-state index in [9.17, 15) is 10.1 Å². The second-order valence-electron chi connectivity index (χ2n) is 7.99. The van der Waals surface area contributed by atoms with Crippen LogP contribution < -0.4 is 0 Å². The van der Waals surface area contributed by atoms with Crippen molar-refractivity contribution in [2.45, 2.75) is 50.7 Å². The number of nitrogens with zero attached hydrogens (tertiary/aromatic N) is 2. The first-order chi connectivity index (χ1) is 13.0. The van der Waals surface area contributed by atoms with E-state index in [4.69, 9.17) is 9.47 Å². The number of methoxy groups -OCH3 is 1. The van der Waals surface area contributed by atoms with Crippen LogP contribution in [-0.4, -0.2) is 43.1 Å². The van der Waals surface area contributed by atoms with Gasteiger partial charge in [0.1, 0.15) is 11.6 Å². The summed E-state index contributed by atoms with van der Waals surface area (Å²) in [5.74, 6) is -0.0788. The van der Waals surface area contributed by atoms with Gasteiger partial charge in [0, 0.05) is 38.8 Å². The maximum absolute atomic E-state index is 12.6. The Hall–Kier alpha value is -2.16. The normalized spacial score (nSPS) is 24.7. The molecule has 2 saturated heterocycles. The lowest BCUT2D eigenvalue weighted by Crippen LogP contribution is -2.43. The minimum atomic E-state index is -0.134. The summed E-state index contributed by atoms with van der Waals surface area (Å²) in [6.45, 7) is 4.48. The number of likely N-dealkylation sites (tertiary alicyclic amines) is 1. The number of piperidine rings is 1. The number of rotatable bonds is 3. The number of hydrogen-bond donors (Lipinski definition) is 0. The van der Waals surface area contributed by atoms with Gasteiger partial charge in [0.2, 0.25) is 0 Å². The van der Waals surface area contributed by atoms with Crippen LogP contribution in [0.5, 0.6) is 0 Å². The van der Waals surface area contributed by atoms with Crippen LogP contribution in [0.1, 0.15) is 55.4 Å². The van der Waals surface area contributed by atoms with Crippen LogP contribution in [0, 0.1) is 11.3 Å². The molecule has 1 atom stereocenters. The predicted octanol–water partition coefficient (Wildman–Crippen LogP) is 3.40. The van der Waals surface area contributed by atoms with Crippen LogP contribution in [-0.2, 0) is 20.7 Å². The number of ketones is 1. The Labute approximate surface area is 160 Å². The van der Waals surface area contributed by atoms with Crippen molar-refractivity contribution in [2.24, 2.45) is 0 Å². The Bertz CT molecular complexity index is 822. The highest BCUT2D eigenvalue weighted by atomic mass is 16.5. The molecule has 1 aromatic carbocycles. The van der Waals surface area contributed by atoms with Gasteiger partial charge < -0.3 is 14.4 Å². The van der Waals surface area contributed by atoms with Gasteiger partial charge in [-0.3, -0.25) is 4.79 Å². The molecule has 27 heavy (non-hydrogen) atoms. The first kappa shape index (κ1) is 18.2. The van der Waals surface area contributed by atoms with Gasteiger partial charge in [-0.1, -0.05) is 12.1 Å². The van der Waals surface area contributed by atoms with E-state index in [0.29, 0.717) is 12.0 Å². The lowest BCUT2D eigenvalue weighted by atomic mass is 9.84. The highest BCUT2D eigenvalue weighted by molar-refractivity contribution is 6.09. The molecule has 0 spiro atoms. The third kappa shape index (κ3) is 3.28. The summed E-state index contributed by atoms with van der Waals surface area (Å²) in [5.41, 5.74) is 4.16. The van der Waals surface area contributed by atoms with Gasteiger partial charge >= 0.3 is 0 Å². The molecular formula is C22H26N2O3. The van der Waals surface area contributed by atoms with Gasteiger partial charge in [-0.25, -0.2) is 0 Å². The monoisotopic (exact) mass is 366 g/mol. The zero-order chi connectivity index (χ0) is 19.0. The predicted molar refractivity (Wildman–Crippen MR) is 102 cm³/mol. The summed E-state index contributed by atoms with van der Waals surface area (Å²) < 4.78 is 11.5. The maximum Gasteiger partial charge on any atom is 0.179 e. The van der Waals surface area contributed by atoms with Crippen molar-refractivity contribution in [3.63, 3.8) is 0 Å². The van der Waals surface area contributed by atoms with Crippen LogP contribution in [0.2, 0.25) is 0 Å². The quantitative estimate of drug-likeness (QED) is 0.820. The van der Waals surface area contributed by atoms with Gasteiger partial charge in [-0.2, -0.15) is 5.26 Å². The Morgan fingerprint density at radius 1 is 1.33 bits per heavy atom. The third-order valence-electron chi connectivity index (χ3n) is 6.30. The molecule has 2 aliphatic heterocycles. The highest BCUT2D eigenvalue weighted by Crippen LogP contribution is 2.38. The van der Waals surface area contributed by atoms with Crippen molar-refractivity contribution >= 4 is 11.5 Å². The zero-order valence-electron chi connectivity index (χ0n) is 16.1. The number of carbonyl (C=O) groups excluding carboxylic acids is 1. The van der Waals surface area contributed by atoms with E-state index in [1.54, 1.807) is 7.11 Å². The summed E-state index contributed by atoms with van der Waals surface area (Å²) in [4.78, 5) is 14.8. The molecule has 0 saturated carbocycles. The number of fused-ring (bicyclic) bond motifs is 1. The van der Waals surface area contributed by atoms with Crippen molar-refractivity contribution in [2.75, 3.05) is 26.8 Å². The Morgan fingerprint density at radius 2 is 2.11 bits per heavy atom. The molecule has 0 radical (unpaired) electrons. The molecular weight excluding hydrogens is 340 g/mol. The summed E-state index contributed by atoms with van der Waals surface area (Å²) in [7, 11) is 1.75. The van der Waals surface area contributed by atoms with E-state index in [2.05, 4.69) is 30.0 Å². The summed E-state index contributed by atoms with van der Waals surface area (Å²) >= 11 is 0. The van der Waals surface area contributed by atoms with E-state index in [0.717, 1.165) is 67.8 Å². The average Bonchev–Trinajstić information content (AvgIpc) is 3.22. The minimum Gasteiger partial charge on any atom is -0.378 e. The van der Waals surface area contributed by atoms with Crippen LogP contribution >= 0.6 is 0 Å². The van der Waals surface area contributed by atoms with E-state index in [1.165, 1.54) is 0 Å². The molecule has 1 unspecified atom stereocenters. The second kappa shape index (κ2) is 7.10. The highest BCUT2D eigenvalue weighted by Gasteiger charge is 2.35. The van der Waals surface area contributed by atoms with Crippen LogP contribution in [0.15, 0.2) is 23.8 Å². The van der Waals surface area contributed by atoms with E-state index in [-0.39, 0.29) is 17.5 Å². The van der Waals surface area contributed by atoms with Crippen LogP contribution in [0.3, 0.4) is 0 Å². The van der Waals surface area contributed by atoms with Gasteiger partial charge in [0.25, 0.3) is 0 Å². The summed E-state index contributed by atoms with van der Waals surface area (Å²) in [6.07, 6.45) is 4.28. The first-order valence-corrected chi connectivity index (χ1v) is 9.77. The van der Waals surface area contributed by atoms with Gasteiger partial charge in [-0.15, -0.1) is 0 Å². The molecule has 5 heteroatoms.